The van der Waals surface area contributed by atoms with Crippen LogP contribution >= 0.6 is 22.9 Å². The fraction of sp³-hybridized carbons (Fsp3) is 0.250. The number of nitrogens with one attached hydrogen (secondary N) is 1. The molecule has 1 aromatic heterocycles. The second-order valence-electron chi connectivity index (χ2n) is 4.73. The first-order valence-corrected chi connectivity index (χ1v) is 8.51. The summed E-state index contributed by atoms with van der Waals surface area (Å²) in [5.41, 5.74) is 0.473. The Morgan fingerprint density at radius 2 is 2.12 bits per heavy atom. The van der Waals surface area contributed by atoms with Crippen LogP contribution in [0.3, 0.4) is 0 Å². The maximum Gasteiger partial charge on any atom is 0.414 e. The van der Waals surface area contributed by atoms with Crippen molar-refractivity contribution < 1.29 is 24.5 Å². The number of nitriles is 1. The van der Waals surface area contributed by atoms with Crippen molar-refractivity contribution in [2.75, 3.05) is 13.6 Å². The molecule has 2 aromatic rings. The predicted molar refractivity (Wildman–Crippen MR) is 95.5 cm³/mol. The highest BCUT2D eigenvalue weighted by molar-refractivity contribution is 7.09. The molecule has 0 aliphatic carbocycles. The molecule has 1 unspecified atom stereocenters. The highest BCUT2D eigenvalue weighted by Crippen LogP contribution is 2.30. The van der Waals surface area contributed by atoms with Crippen molar-refractivity contribution >= 4 is 34.9 Å². The Balaban J connectivity index is 0.000000487. The molecule has 26 heavy (non-hydrogen) atoms. The Bertz CT molecular complexity index is 765. The number of aromatic nitrogens is 1. The van der Waals surface area contributed by atoms with E-state index < -0.39 is 11.9 Å². The number of nitrogens with zero attached hydrogens (tertiary/aromatic N) is 2. The minimum absolute atomic E-state index is 0.187. The standard InChI is InChI=1S/C14H14ClN3OS.C2H2O4/c1-17-5-4-12(14-18-6-7-20-14)19-13-8-11(15)3-2-10(13)9-16;3-1(4)2(5)6/h2-3,6-8,12,17H,4-5H2,1H3;(H,3,4)(H,5,6). The van der Waals surface area contributed by atoms with Gasteiger partial charge in [-0.25, -0.2) is 14.6 Å². The largest absolute Gasteiger partial charge is 0.482 e. The summed E-state index contributed by atoms with van der Waals surface area (Å²) in [6.45, 7) is 0.798. The van der Waals surface area contributed by atoms with Crippen LogP contribution < -0.4 is 10.1 Å². The van der Waals surface area contributed by atoms with E-state index in [1.807, 2.05) is 12.4 Å². The van der Waals surface area contributed by atoms with Gasteiger partial charge in [0.1, 0.15) is 16.8 Å². The lowest BCUT2D eigenvalue weighted by molar-refractivity contribution is -0.159. The highest BCUT2D eigenvalue weighted by atomic mass is 35.5. The molecule has 10 heteroatoms. The molecule has 8 nitrogen and oxygen atoms in total. The first kappa shape index (κ1) is 21.4. The van der Waals surface area contributed by atoms with Gasteiger partial charge in [0.25, 0.3) is 0 Å². The summed E-state index contributed by atoms with van der Waals surface area (Å²) in [6, 6.07) is 7.12. The van der Waals surface area contributed by atoms with E-state index in [9.17, 15) is 0 Å². The molecule has 0 spiro atoms. The van der Waals surface area contributed by atoms with Crippen molar-refractivity contribution in [3.63, 3.8) is 0 Å². The molecule has 0 radical (unpaired) electrons. The van der Waals surface area contributed by atoms with Crippen LogP contribution in [0.25, 0.3) is 0 Å². The first-order chi connectivity index (χ1) is 12.4. The Hall–Kier alpha value is -2.67. The summed E-state index contributed by atoms with van der Waals surface area (Å²) in [5.74, 6) is -3.15. The average Bonchev–Trinajstić information content (AvgIpc) is 3.13. The van der Waals surface area contributed by atoms with E-state index in [2.05, 4.69) is 16.4 Å². The van der Waals surface area contributed by atoms with Crippen LogP contribution in [0.5, 0.6) is 5.75 Å². The van der Waals surface area contributed by atoms with Crippen LogP contribution in [0.15, 0.2) is 29.8 Å². The number of rotatable bonds is 6. The van der Waals surface area contributed by atoms with E-state index in [0.717, 1.165) is 18.0 Å². The Morgan fingerprint density at radius 1 is 1.42 bits per heavy atom. The van der Waals surface area contributed by atoms with Crippen molar-refractivity contribution in [3.8, 4) is 11.8 Å². The highest BCUT2D eigenvalue weighted by Gasteiger charge is 2.17. The summed E-state index contributed by atoms with van der Waals surface area (Å²) < 4.78 is 5.96. The van der Waals surface area contributed by atoms with Crippen LogP contribution in [0.1, 0.15) is 23.1 Å². The van der Waals surface area contributed by atoms with E-state index in [4.69, 9.17) is 41.4 Å². The molecule has 1 aromatic carbocycles. The molecule has 0 fully saturated rings. The SMILES string of the molecule is CNCCC(Oc1cc(Cl)ccc1C#N)c1nccs1.O=C(O)C(=O)O. The van der Waals surface area contributed by atoms with E-state index in [0.29, 0.717) is 16.3 Å². The van der Waals surface area contributed by atoms with Gasteiger partial charge in [-0.3, -0.25) is 0 Å². The summed E-state index contributed by atoms with van der Waals surface area (Å²) in [6.07, 6.45) is 2.33. The molecule has 3 N–H and O–H groups in total. The lowest BCUT2D eigenvalue weighted by Gasteiger charge is -2.18. The maximum absolute atomic E-state index is 9.13. The fourth-order valence-electron chi connectivity index (χ4n) is 1.74. The minimum atomic E-state index is -1.82. The van der Waals surface area contributed by atoms with E-state index in [1.165, 1.54) is 11.3 Å². The normalized spacial score (nSPS) is 10.8. The third-order valence-corrected chi connectivity index (χ3v) is 4.00. The number of halogens is 1. The summed E-state index contributed by atoms with van der Waals surface area (Å²) in [7, 11) is 1.89. The minimum Gasteiger partial charge on any atom is -0.482 e. The number of ether oxygens (including phenoxy) is 1. The van der Waals surface area contributed by atoms with Crippen LogP contribution in [0, 0.1) is 11.3 Å². The van der Waals surface area contributed by atoms with E-state index in [1.54, 1.807) is 24.4 Å². The summed E-state index contributed by atoms with van der Waals surface area (Å²) in [4.78, 5) is 22.5. The molecule has 0 aliphatic heterocycles. The molecule has 0 aliphatic rings. The smallest absolute Gasteiger partial charge is 0.414 e. The van der Waals surface area contributed by atoms with Gasteiger partial charge in [-0.1, -0.05) is 11.6 Å². The number of benzene rings is 1. The van der Waals surface area contributed by atoms with Crippen LogP contribution in [-0.4, -0.2) is 40.7 Å². The van der Waals surface area contributed by atoms with Crippen molar-refractivity contribution in [2.45, 2.75) is 12.5 Å². The van der Waals surface area contributed by atoms with Gasteiger partial charge in [0.2, 0.25) is 0 Å². The zero-order valence-electron chi connectivity index (χ0n) is 13.7. The molecule has 0 bridgehead atoms. The topological polar surface area (TPSA) is 133 Å². The Kier molecular flexibility index (Phi) is 9.08. The number of thiazole rings is 1. The second-order valence-corrected chi connectivity index (χ2v) is 6.09. The molecule has 0 saturated heterocycles. The Labute approximate surface area is 158 Å². The quantitative estimate of drug-likeness (QED) is 0.633. The van der Waals surface area contributed by atoms with Gasteiger partial charge in [-0.05, 0) is 25.7 Å². The molecule has 1 heterocycles. The third kappa shape index (κ3) is 7.06. The number of carbonyl (C=O) groups is 2. The summed E-state index contributed by atoms with van der Waals surface area (Å²) in [5, 5.41) is 30.4. The van der Waals surface area contributed by atoms with Crippen molar-refractivity contribution in [1.29, 1.82) is 5.26 Å². The number of hydrogen-bond acceptors (Lipinski definition) is 7. The van der Waals surface area contributed by atoms with E-state index >= 15 is 0 Å². The van der Waals surface area contributed by atoms with Crippen molar-refractivity contribution in [1.82, 2.24) is 10.3 Å². The molecule has 0 amide bonds. The number of aliphatic carboxylic acids is 2. The van der Waals surface area contributed by atoms with Crippen molar-refractivity contribution in [3.05, 3.63) is 45.4 Å². The van der Waals surface area contributed by atoms with E-state index in [-0.39, 0.29) is 6.10 Å². The lowest BCUT2D eigenvalue weighted by atomic mass is 10.2. The number of hydrogen-bond donors (Lipinski definition) is 3. The number of carboxylic acids is 2. The van der Waals surface area contributed by atoms with Crippen LogP contribution in [-0.2, 0) is 9.59 Å². The van der Waals surface area contributed by atoms with Gasteiger partial charge in [0, 0.05) is 29.1 Å². The molecular weight excluding hydrogens is 382 g/mol. The zero-order chi connectivity index (χ0) is 19.5. The maximum atomic E-state index is 9.13. The van der Waals surface area contributed by atoms with Gasteiger partial charge >= 0.3 is 11.9 Å². The molecular formula is C16H16ClN3O5S. The fourth-order valence-corrected chi connectivity index (χ4v) is 2.60. The van der Waals surface area contributed by atoms with Crippen LogP contribution in [0.4, 0.5) is 0 Å². The van der Waals surface area contributed by atoms with Gasteiger partial charge in [-0.15, -0.1) is 11.3 Å². The number of carboxylic acid groups (broad SMARTS) is 2. The van der Waals surface area contributed by atoms with Crippen molar-refractivity contribution in [2.24, 2.45) is 0 Å². The lowest BCUT2D eigenvalue weighted by Crippen LogP contribution is -2.16. The predicted octanol–water partition coefficient (Wildman–Crippen LogP) is 2.55. The monoisotopic (exact) mass is 397 g/mol. The first-order valence-electron chi connectivity index (χ1n) is 7.25. The van der Waals surface area contributed by atoms with Gasteiger partial charge in [0.15, 0.2) is 6.10 Å². The molecule has 2 rings (SSSR count). The third-order valence-electron chi connectivity index (χ3n) is 2.90. The van der Waals surface area contributed by atoms with Gasteiger partial charge < -0.3 is 20.3 Å². The average molecular weight is 398 g/mol. The molecule has 138 valence electrons. The van der Waals surface area contributed by atoms with Gasteiger partial charge in [0.05, 0.1) is 5.56 Å². The molecule has 0 saturated carbocycles. The zero-order valence-corrected chi connectivity index (χ0v) is 15.3. The Morgan fingerprint density at radius 3 is 2.62 bits per heavy atom. The van der Waals surface area contributed by atoms with Crippen LogP contribution in [0.2, 0.25) is 5.02 Å². The summed E-state index contributed by atoms with van der Waals surface area (Å²) >= 11 is 7.51. The molecule has 1 atom stereocenters. The van der Waals surface area contributed by atoms with Gasteiger partial charge in [-0.2, -0.15) is 5.26 Å². The second kappa shape index (κ2) is 11.0.